The van der Waals surface area contributed by atoms with Crippen molar-refractivity contribution in [3.8, 4) is 0 Å². The van der Waals surface area contributed by atoms with Crippen LogP contribution in [0.2, 0.25) is 0 Å². The van der Waals surface area contributed by atoms with Crippen LogP contribution in [0.4, 0.5) is 13.2 Å². The Morgan fingerprint density at radius 3 is 2.19 bits per heavy atom. The van der Waals surface area contributed by atoms with Gasteiger partial charge in [0.25, 0.3) is 0 Å². The molecule has 0 amide bonds. The van der Waals surface area contributed by atoms with Gasteiger partial charge in [0.05, 0.1) is 6.42 Å². The van der Waals surface area contributed by atoms with Gasteiger partial charge in [-0.2, -0.15) is 0 Å². The van der Waals surface area contributed by atoms with Gasteiger partial charge in [0.1, 0.15) is 17.4 Å². The lowest BCUT2D eigenvalue weighted by Crippen LogP contribution is -2.09. The Morgan fingerprint density at radius 2 is 1.62 bits per heavy atom. The summed E-state index contributed by atoms with van der Waals surface area (Å²) in [6.07, 6.45) is -0.749. The highest BCUT2D eigenvalue weighted by molar-refractivity contribution is 5.98. The molecule has 1 aromatic carbocycles. The van der Waals surface area contributed by atoms with Crippen molar-refractivity contribution in [2.24, 2.45) is 0 Å². The Labute approximate surface area is 90.1 Å². The molecule has 0 aliphatic heterocycles. The second-order valence-electron chi connectivity index (χ2n) is 3.45. The lowest BCUT2D eigenvalue weighted by molar-refractivity contribution is -0.125. The smallest absolute Gasteiger partial charge is 0.161 e. The van der Waals surface area contributed by atoms with Crippen molar-refractivity contribution in [2.45, 2.75) is 19.8 Å². The molecule has 2 nitrogen and oxygen atoms in total. The number of ketones is 2. The van der Waals surface area contributed by atoms with Gasteiger partial charge in [-0.25, -0.2) is 13.2 Å². The van der Waals surface area contributed by atoms with Crippen LogP contribution in [0, 0.1) is 17.5 Å². The summed E-state index contributed by atoms with van der Waals surface area (Å²) in [5.41, 5.74) is -0.245. The summed E-state index contributed by atoms with van der Waals surface area (Å²) in [6.45, 7) is 1.22. The first-order valence-corrected chi connectivity index (χ1v) is 4.54. The van der Waals surface area contributed by atoms with E-state index in [4.69, 9.17) is 0 Å². The maximum absolute atomic E-state index is 13.1. The third-order valence-electron chi connectivity index (χ3n) is 1.92. The largest absolute Gasteiger partial charge is 0.300 e. The molecular weight excluding hydrogens is 221 g/mol. The molecule has 0 aliphatic rings. The van der Waals surface area contributed by atoms with E-state index in [0.29, 0.717) is 12.1 Å². The Balaban J connectivity index is 2.85. The highest BCUT2D eigenvalue weighted by Gasteiger charge is 2.13. The molecule has 5 heteroatoms. The van der Waals surface area contributed by atoms with Crippen LogP contribution < -0.4 is 0 Å². The Morgan fingerprint density at radius 1 is 1.06 bits per heavy atom. The average molecular weight is 230 g/mol. The van der Waals surface area contributed by atoms with Crippen molar-refractivity contribution < 1.29 is 22.8 Å². The zero-order valence-corrected chi connectivity index (χ0v) is 8.52. The first-order chi connectivity index (χ1) is 7.40. The first kappa shape index (κ1) is 12.4. The second-order valence-corrected chi connectivity index (χ2v) is 3.45. The van der Waals surface area contributed by atoms with E-state index >= 15 is 0 Å². The molecule has 1 rings (SSSR count). The van der Waals surface area contributed by atoms with Crippen LogP contribution >= 0.6 is 0 Å². The molecule has 0 aliphatic carbocycles. The summed E-state index contributed by atoms with van der Waals surface area (Å²) >= 11 is 0. The van der Waals surface area contributed by atoms with E-state index in [-0.39, 0.29) is 17.8 Å². The lowest BCUT2D eigenvalue weighted by atomic mass is 10.0. The van der Waals surface area contributed by atoms with Gasteiger partial charge < -0.3 is 0 Å². The maximum Gasteiger partial charge on any atom is 0.161 e. The molecule has 0 spiro atoms. The highest BCUT2D eigenvalue weighted by Crippen LogP contribution is 2.14. The SMILES string of the molecule is CC(=O)CC(=O)Cc1cc(F)c(F)cc1F. The van der Waals surface area contributed by atoms with Crippen LogP contribution in [0.5, 0.6) is 0 Å². The summed E-state index contributed by atoms with van der Waals surface area (Å²) in [5, 5.41) is 0. The van der Waals surface area contributed by atoms with Gasteiger partial charge in [0.15, 0.2) is 11.6 Å². The number of carbonyl (C=O) groups is 2. The van der Waals surface area contributed by atoms with Crippen molar-refractivity contribution in [3.05, 3.63) is 35.1 Å². The molecule has 0 heterocycles. The Hall–Kier alpha value is -1.65. The zero-order valence-electron chi connectivity index (χ0n) is 8.52. The number of rotatable bonds is 4. The van der Waals surface area contributed by atoms with Crippen LogP contribution in [0.3, 0.4) is 0 Å². The minimum atomic E-state index is -1.31. The van der Waals surface area contributed by atoms with Crippen molar-refractivity contribution in [2.75, 3.05) is 0 Å². The Kier molecular flexibility index (Phi) is 3.82. The molecule has 0 fully saturated rings. The molecule has 1 aromatic rings. The summed E-state index contributed by atoms with van der Waals surface area (Å²) < 4.78 is 38.4. The number of Topliss-reactive ketones (excluding diaryl/α,β-unsaturated/α-hetero) is 2. The van der Waals surface area contributed by atoms with Gasteiger partial charge in [-0.05, 0) is 18.6 Å². The monoisotopic (exact) mass is 230 g/mol. The van der Waals surface area contributed by atoms with E-state index < -0.39 is 29.7 Å². The van der Waals surface area contributed by atoms with E-state index in [0.717, 1.165) is 0 Å². The second kappa shape index (κ2) is 4.92. The summed E-state index contributed by atoms with van der Waals surface area (Å²) in [5.74, 6) is -4.39. The van der Waals surface area contributed by atoms with E-state index in [1.807, 2.05) is 0 Å². The van der Waals surface area contributed by atoms with Crippen LogP contribution in [0.1, 0.15) is 18.9 Å². The van der Waals surface area contributed by atoms with Crippen molar-refractivity contribution in [3.63, 3.8) is 0 Å². The third-order valence-corrected chi connectivity index (χ3v) is 1.92. The van der Waals surface area contributed by atoms with Crippen molar-refractivity contribution >= 4 is 11.6 Å². The standard InChI is InChI=1S/C11H9F3O2/c1-6(15)2-8(16)3-7-4-10(13)11(14)5-9(7)12/h4-5H,2-3H2,1H3. The normalized spacial score (nSPS) is 10.2. The number of hydrogen-bond donors (Lipinski definition) is 0. The summed E-state index contributed by atoms with van der Waals surface area (Å²) in [7, 11) is 0. The van der Waals surface area contributed by atoms with Gasteiger partial charge in [-0.1, -0.05) is 0 Å². The van der Waals surface area contributed by atoms with E-state index in [2.05, 4.69) is 0 Å². The molecule has 0 N–H and O–H groups in total. The molecule has 0 atom stereocenters. The molecule has 0 bridgehead atoms. The van der Waals surface area contributed by atoms with Crippen LogP contribution in [-0.4, -0.2) is 11.6 Å². The molecule has 0 saturated carbocycles. The highest BCUT2D eigenvalue weighted by atomic mass is 19.2. The van der Waals surface area contributed by atoms with Crippen LogP contribution in [-0.2, 0) is 16.0 Å². The molecule has 0 aromatic heterocycles. The minimum Gasteiger partial charge on any atom is -0.300 e. The van der Waals surface area contributed by atoms with E-state index in [1.165, 1.54) is 6.92 Å². The van der Waals surface area contributed by atoms with Crippen LogP contribution in [0.25, 0.3) is 0 Å². The van der Waals surface area contributed by atoms with Gasteiger partial charge in [-0.3, -0.25) is 9.59 Å². The molecule has 0 radical (unpaired) electrons. The van der Waals surface area contributed by atoms with E-state index in [9.17, 15) is 22.8 Å². The molecule has 86 valence electrons. The van der Waals surface area contributed by atoms with Gasteiger partial charge >= 0.3 is 0 Å². The average Bonchev–Trinajstić information content (AvgIpc) is 2.12. The predicted molar refractivity (Wildman–Crippen MR) is 50.3 cm³/mol. The lowest BCUT2D eigenvalue weighted by Gasteiger charge is -2.02. The fraction of sp³-hybridized carbons (Fsp3) is 0.273. The molecule has 0 unspecified atom stereocenters. The minimum absolute atomic E-state index is 0.245. The summed E-state index contributed by atoms with van der Waals surface area (Å²) in [6, 6.07) is 1.01. The van der Waals surface area contributed by atoms with Crippen molar-refractivity contribution in [1.29, 1.82) is 0 Å². The zero-order chi connectivity index (χ0) is 12.3. The number of hydrogen-bond acceptors (Lipinski definition) is 2. The van der Waals surface area contributed by atoms with Gasteiger partial charge in [0.2, 0.25) is 0 Å². The number of carbonyl (C=O) groups excluding carboxylic acids is 2. The quantitative estimate of drug-likeness (QED) is 0.587. The van der Waals surface area contributed by atoms with Gasteiger partial charge in [0, 0.05) is 12.5 Å². The first-order valence-electron chi connectivity index (χ1n) is 4.54. The van der Waals surface area contributed by atoms with Crippen molar-refractivity contribution in [1.82, 2.24) is 0 Å². The fourth-order valence-electron chi connectivity index (χ4n) is 1.25. The number of halogens is 3. The number of benzene rings is 1. The van der Waals surface area contributed by atoms with Gasteiger partial charge in [-0.15, -0.1) is 0 Å². The Bertz CT molecular complexity index is 441. The summed E-state index contributed by atoms with van der Waals surface area (Å²) in [4.78, 5) is 21.8. The predicted octanol–water partition coefficient (Wildman–Crippen LogP) is 2.19. The topological polar surface area (TPSA) is 34.1 Å². The van der Waals surface area contributed by atoms with Crippen LogP contribution in [0.15, 0.2) is 12.1 Å². The van der Waals surface area contributed by atoms with E-state index in [1.54, 1.807) is 0 Å². The fourth-order valence-corrected chi connectivity index (χ4v) is 1.25. The third kappa shape index (κ3) is 3.18. The molecule has 0 saturated heterocycles. The molecule has 16 heavy (non-hydrogen) atoms. The maximum atomic E-state index is 13.1. The molecular formula is C11H9F3O2.